The van der Waals surface area contributed by atoms with E-state index >= 15 is 0 Å². The van der Waals surface area contributed by atoms with Crippen molar-refractivity contribution in [2.45, 2.75) is 5.16 Å². The van der Waals surface area contributed by atoms with E-state index in [0.29, 0.717) is 32.9 Å². The molecule has 4 rings (SSSR count). The normalized spacial score (nSPS) is 10.9. The number of benzene rings is 2. The van der Waals surface area contributed by atoms with Gasteiger partial charge in [-0.3, -0.25) is 14.7 Å². The van der Waals surface area contributed by atoms with Gasteiger partial charge in [0.2, 0.25) is 5.91 Å². The number of rotatable bonds is 5. The van der Waals surface area contributed by atoms with Gasteiger partial charge >= 0.3 is 0 Å². The fourth-order valence-electron chi connectivity index (χ4n) is 2.59. The van der Waals surface area contributed by atoms with Gasteiger partial charge in [-0.05, 0) is 24.3 Å². The maximum absolute atomic E-state index is 12.3. The molecule has 0 radical (unpaired) electrons. The lowest BCUT2D eigenvalue weighted by molar-refractivity contribution is -0.113. The van der Waals surface area contributed by atoms with E-state index in [1.165, 1.54) is 22.3 Å². The first kappa shape index (κ1) is 18.3. The zero-order chi connectivity index (χ0) is 19.5. The minimum Gasteiger partial charge on any atom is -0.325 e. The highest BCUT2D eigenvalue weighted by molar-refractivity contribution is 7.99. The zero-order valence-corrected chi connectivity index (χ0v) is 16.0. The van der Waals surface area contributed by atoms with Crippen LogP contribution in [0.3, 0.4) is 0 Å². The summed E-state index contributed by atoms with van der Waals surface area (Å²) in [6.07, 6.45) is 0. The van der Waals surface area contributed by atoms with Crippen LogP contribution in [-0.2, 0) is 4.79 Å². The Morgan fingerprint density at radius 2 is 1.86 bits per heavy atom. The second kappa shape index (κ2) is 7.87. The molecule has 7 nitrogen and oxygen atoms in total. The number of carbonyl (C=O) groups is 1. The molecule has 0 unspecified atom stereocenters. The van der Waals surface area contributed by atoms with Crippen molar-refractivity contribution < 1.29 is 4.79 Å². The Morgan fingerprint density at radius 1 is 1.11 bits per heavy atom. The Kier molecular flexibility index (Phi) is 5.14. The van der Waals surface area contributed by atoms with Gasteiger partial charge in [-0.15, -0.1) is 0 Å². The Bertz CT molecular complexity index is 1210. The number of nitrogens with one attached hydrogen (secondary N) is 2. The van der Waals surface area contributed by atoms with Crippen molar-refractivity contribution >= 4 is 40.6 Å². The van der Waals surface area contributed by atoms with E-state index in [9.17, 15) is 9.59 Å². The van der Waals surface area contributed by atoms with E-state index in [-0.39, 0.29) is 17.2 Å². The van der Waals surface area contributed by atoms with E-state index in [1.807, 2.05) is 42.5 Å². The molecule has 2 N–H and O–H groups in total. The number of hydrogen-bond acceptors (Lipinski definition) is 5. The molecule has 2 heterocycles. The van der Waals surface area contributed by atoms with Crippen molar-refractivity contribution in [3.63, 3.8) is 0 Å². The van der Waals surface area contributed by atoms with Gasteiger partial charge < -0.3 is 5.32 Å². The SMILES string of the molecule is O=C(CSc1nc(-c2ccccc2Cl)nc2cc(=O)[nH]n12)Nc1ccccc1. The van der Waals surface area contributed by atoms with Crippen molar-refractivity contribution in [2.75, 3.05) is 11.1 Å². The number of fused-ring (bicyclic) bond motifs is 1. The van der Waals surface area contributed by atoms with Crippen LogP contribution in [0.4, 0.5) is 5.69 Å². The van der Waals surface area contributed by atoms with Gasteiger partial charge in [-0.25, -0.2) is 14.5 Å². The summed E-state index contributed by atoms with van der Waals surface area (Å²) in [4.78, 5) is 32.9. The molecule has 1 amide bonds. The Balaban J connectivity index is 1.63. The van der Waals surface area contributed by atoms with Crippen LogP contribution >= 0.6 is 23.4 Å². The molecule has 28 heavy (non-hydrogen) atoms. The third kappa shape index (κ3) is 3.92. The highest BCUT2D eigenvalue weighted by Crippen LogP contribution is 2.27. The summed E-state index contributed by atoms with van der Waals surface area (Å²) in [5, 5.41) is 6.40. The molecular formula is C19H14ClN5O2S. The number of H-pyrrole nitrogens is 1. The van der Waals surface area contributed by atoms with Gasteiger partial charge in [-0.1, -0.05) is 53.7 Å². The highest BCUT2D eigenvalue weighted by atomic mass is 35.5. The first-order valence-electron chi connectivity index (χ1n) is 8.32. The summed E-state index contributed by atoms with van der Waals surface area (Å²) in [7, 11) is 0. The number of nitrogens with zero attached hydrogens (tertiary/aromatic N) is 3. The maximum atomic E-state index is 12.3. The van der Waals surface area contributed by atoms with Gasteiger partial charge in [0.05, 0.1) is 10.8 Å². The molecule has 0 saturated heterocycles. The van der Waals surface area contributed by atoms with Crippen LogP contribution in [-0.4, -0.2) is 31.2 Å². The monoisotopic (exact) mass is 411 g/mol. The third-order valence-electron chi connectivity index (χ3n) is 3.83. The van der Waals surface area contributed by atoms with E-state index in [0.717, 1.165) is 0 Å². The van der Waals surface area contributed by atoms with E-state index in [4.69, 9.17) is 11.6 Å². The molecule has 0 aliphatic rings. The topological polar surface area (TPSA) is 92.2 Å². The number of thioether (sulfide) groups is 1. The lowest BCUT2D eigenvalue weighted by atomic mass is 10.2. The number of amides is 1. The fourth-order valence-corrected chi connectivity index (χ4v) is 3.56. The summed E-state index contributed by atoms with van der Waals surface area (Å²) in [6, 6.07) is 17.7. The number of aromatic amines is 1. The quantitative estimate of drug-likeness (QED) is 0.490. The Morgan fingerprint density at radius 3 is 2.64 bits per heavy atom. The maximum Gasteiger partial charge on any atom is 0.266 e. The molecule has 9 heteroatoms. The average Bonchev–Trinajstić information content (AvgIpc) is 3.07. The number of hydrogen-bond donors (Lipinski definition) is 2. The summed E-state index contributed by atoms with van der Waals surface area (Å²) in [5.41, 5.74) is 1.46. The minimum absolute atomic E-state index is 0.114. The van der Waals surface area contributed by atoms with Crippen LogP contribution < -0.4 is 10.9 Å². The van der Waals surface area contributed by atoms with E-state index in [2.05, 4.69) is 20.4 Å². The highest BCUT2D eigenvalue weighted by Gasteiger charge is 2.14. The largest absolute Gasteiger partial charge is 0.325 e. The van der Waals surface area contributed by atoms with E-state index in [1.54, 1.807) is 12.1 Å². The number of para-hydroxylation sites is 1. The molecule has 0 aliphatic heterocycles. The predicted octanol–water partition coefficient (Wildman–Crippen LogP) is 3.47. The molecule has 0 atom stereocenters. The fraction of sp³-hybridized carbons (Fsp3) is 0.0526. The molecule has 0 aliphatic carbocycles. The summed E-state index contributed by atoms with van der Waals surface area (Å²) in [6.45, 7) is 0. The van der Waals surface area contributed by atoms with Crippen LogP contribution in [0.25, 0.3) is 17.0 Å². The van der Waals surface area contributed by atoms with E-state index < -0.39 is 0 Å². The lowest BCUT2D eigenvalue weighted by Crippen LogP contribution is -2.15. The number of aromatic nitrogens is 4. The smallest absolute Gasteiger partial charge is 0.266 e. The molecule has 4 aromatic rings. The van der Waals surface area contributed by atoms with Crippen molar-refractivity contribution in [3.05, 3.63) is 76.0 Å². The second-order valence-electron chi connectivity index (χ2n) is 5.83. The van der Waals surface area contributed by atoms with Crippen LogP contribution in [0.5, 0.6) is 0 Å². The molecule has 0 bridgehead atoms. The molecule has 0 spiro atoms. The summed E-state index contributed by atoms with van der Waals surface area (Å²) >= 11 is 7.45. The van der Waals surface area contributed by atoms with Gasteiger partial charge in [0.1, 0.15) is 0 Å². The molecule has 0 saturated carbocycles. The molecule has 2 aromatic heterocycles. The third-order valence-corrected chi connectivity index (χ3v) is 5.10. The summed E-state index contributed by atoms with van der Waals surface area (Å²) in [5.74, 6) is 0.315. The van der Waals surface area contributed by atoms with Gasteiger partial charge in [-0.2, -0.15) is 0 Å². The first-order chi connectivity index (χ1) is 13.6. The summed E-state index contributed by atoms with van der Waals surface area (Å²) < 4.78 is 1.46. The van der Waals surface area contributed by atoms with Crippen LogP contribution in [0.1, 0.15) is 0 Å². The average molecular weight is 412 g/mol. The molecule has 0 fully saturated rings. The lowest BCUT2D eigenvalue weighted by Gasteiger charge is -2.09. The predicted molar refractivity (Wildman–Crippen MR) is 110 cm³/mol. The van der Waals surface area contributed by atoms with Gasteiger partial charge in [0, 0.05) is 17.3 Å². The molecular weight excluding hydrogens is 398 g/mol. The number of carbonyl (C=O) groups excluding carboxylic acids is 1. The standard InChI is InChI=1S/C19H14ClN5O2S/c20-14-9-5-4-8-13(14)18-22-15-10-16(26)24-25(15)19(23-18)28-11-17(27)21-12-6-2-1-3-7-12/h1-10H,11H2,(H,21,27)(H,24,26). The van der Waals surface area contributed by atoms with Crippen molar-refractivity contribution in [1.29, 1.82) is 0 Å². The molecule has 2 aromatic carbocycles. The van der Waals surface area contributed by atoms with Crippen molar-refractivity contribution in [2.24, 2.45) is 0 Å². The Hall–Kier alpha value is -3.10. The van der Waals surface area contributed by atoms with Crippen LogP contribution in [0.2, 0.25) is 5.02 Å². The van der Waals surface area contributed by atoms with Gasteiger partial charge in [0.15, 0.2) is 16.6 Å². The second-order valence-corrected chi connectivity index (χ2v) is 7.18. The zero-order valence-electron chi connectivity index (χ0n) is 14.4. The van der Waals surface area contributed by atoms with Crippen LogP contribution in [0.15, 0.2) is 70.6 Å². The minimum atomic E-state index is -0.304. The molecule has 140 valence electrons. The Labute approximate surface area is 168 Å². The first-order valence-corrected chi connectivity index (χ1v) is 9.69. The number of halogens is 1. The van der Waals surface area contributed by atoms with Crippen LogP contribution in [0, 0.1) is 0 Å². The number of anilines is 1. The van der Waals surface area contributed by atoms with Gasteiger partial charge in [0.25, 0.3) is 5.56 Å². The van der Waals surface area contributed by atoms with Crippen molar-refractivity contribution in [3.8, 4) is 11.4 Å². The van der Waals surface area contributed by atoms with Crippen molar-refractivity contribution in [1.82, 2.24) is 19.6 Å².